The molecule has 3 heterocycles. The number of nitrogen functional groups attached to an aromatic ring is 1. The van der Waals surface area contributed by atoms with E-state index in [1.54, 1.807) is 23.4 Å². The lowest BCUT2D eigenvalue weighted by molar-refractivity contribution is 0.0713. The molecular formula is C21H17N9. The van der Waals surface area contributed by atoms with E-state index in [4.69, 9.17) is 10.8 Å². The first kappa shape index (κ1) is 17.8. The zero-order chi connectivity index (χ0) is 20.7. The Bertz CT molecular complexity index is 1330. The molecule has 3 N–H and O–H groups in total. The standard InChI is InChI=1S/C21H17N9/c22-4-3-21(8-13(9-21)10-23)30-27-12-19(29-30)16-6-14(17-11-26-28-20(17)24)7-18-15(16)2-1-5-25-18/h1-2,5-7,11-13H,3,8-9H2,(H3,24,26,28)/t13-,21-. The van der Waals surface area contributed by atoms with E-state index in [1.165, 1.54) is 0 Å². The zero-order valence-corrected chi connectivity index (χ0v) is 15.9. The molecule has 9 heteroatoms. The molecule has 0 spiro atoms. The summed E-state index contributed by atoms with van der Waals surface area (Å²) in [5.41, 5.74) is 9.51. The predicted octanol–water partition coefficient (Wildman–Crippen LogP) is 3.01. The van der Waals surface area contributed by atoms with Crippen LogP contribution in [0.15, 0.2) is 42.9 Å². The Morgan fingerprint density at radius 1 is 1.23 bits per heavy atom. The van der Waals surface area contributed by atoms with Crippen molar-refractivity contribution in [3.8, 4) is 34.5 Å². The summed E-state index contributed by atoms with van der Waals surface area (Å²) in [4.78, 5) is 6.11. The van der Waals surface area contributed by atoms with Crippen LogP contribution < -0.4 is 5.73 Å². The van der Waals surface area contributed by atoms with Crippen LogP contribution >= 0.6 is 0 Å². The third-order valence-corrected chi connectivity index (χ3v) is 5.74. The van der Waals surface area contributed by atoms with Crippen LogP contribution in [0.25, 0.3) is 33.3 Å². The van der Waals surface area contributed by atoms with Gasteiger partial charge in [-0.3, -0.25) is 10.1 Å². The Morgan fingerprint density at radius 2 is 2.10 bits per heavy atom. The van der Waals surface area contributed by atoms with Crippen molar-refractivity contribution >= 4 is 16.7 Å². The third kappa shape index (κ3) is 2.68. The molecule has 1 aliphatic rings. The van der Waals surface area contributed by atoms with Gasteiger partial charge in [-0.15, -0.1) is 0 Å². The third-order valence-electron chi connectivity index (χ3n) is 5.74. The second-order valence-corrected chi connectivity index (χ2v) is 7.60. The highest BCUT2D eigenvalue weighted by atomic mass is 15.5. The summed E-state index contributed by atoms with van der Waals surface area (Å²) in [5.74, 6) is 0.412. The van der Waals surface area contributed by atoms with Gasteiger partial charge in [0.2, 0.25) is 0 Å². The number of pyridine rings is 1. The molecule has 146 valence electrons. The molecule has 1 aliphatic carbocycles. The van der Waals surface area contributed by atoms with Crippen LogP contribution in [0.1, 0.15) is 19.3 Å². The molecule has 0 bridgehead atoms. The highest BCUT2D eigenvalue weighted by Gasteiger charge is 2.48. The number of nitrogens with zero attached hydrogens (tertiary/aromatic N) is 7. The predicted molar refractivity (Wildman–Crippen MR) is 109 cm³/mol. The number of fused-ring (bicyclic) bond motifs is 1. The fraction of sp³-hybridized carbons (Fsp3) is 0.238. The van der Waals surface area contributed by atoms with Gasteiger partial charge < -0.3 is 5.73 Å². The molecule has 4 aromatic rings. The number of hydrogen-bond acceptors (Lipinski definition) is 7. The number of nitrogens with one attached hydrogen (secondary N) is 1. The van der Waals surface area contributed by atoms with Crippen molar-refractivity contribution in [2.24, 2.45) is 5.92 Å². The number of benzene rings is 1. The number of rotatable bonds is 4. The number of H-pyrrole nitrogens is 1. The number of nitriles is 2. The van der Waals surface area contributed by atoms with Crippen LogP contribution in [0.5, 0.6) is 0 Å². The van der Waals surface area contributed by atoms with Crippen molar-refractivity contribution in [3.63, 3.8) is 0 Å². The van der Waals surface area contributed by atoms with E-state index in [-0.39, 0.29) is 12.3 Å². The van der Waals surface area contributed by atoms with Gasteiger partial charge in [0, 0.05) is 22.7 Å². The van der Waals surface area contributed by atoms with Gasteiger partial charge in [0.1, 0.15) is 11.5 Å². The smallest absolute Gasteiger partial charge is 0.126 e. The van der Waals surface area contributed by atoms with E-state index in [0.717, 1.165) is 27.6 Å². The summed E-state index contributed by atoms with van der Waals surface area (Å²) in [6.07, 6.45) is 6.55. The van der Waals surface area contributed by atoms with Crippen LogP contribution in [-0.2, 0) is 5.54 Å². The van der Waals surface area contributed by atoms with Crippen molar-refractivity contribution in [1.29, 1.82) is 10.5 Å². The van der Waals surface area contributed by atoms with E-state index in [0.29, 0.717) is 24.4 Å². The fourth-order valence-corrected chi connectivity index (χ4v) is 4.17. The molecule has 1 fully saturated rings. The maximum atomic E-state index is 9.29. The monoisotopic (exact) mass is 395 g/mol. The molecule has 5 rings (SSSR count). The van der Waals surface area contributed by atoms with Gasteiger partial charge in [-0.1, -0.05) is 6.07 Å². The Labute approximate surface area is 171 Å². The number of aromatic nitrogens is 6. The van der Waals surface area contributed by atoms with Crippen LogP contribution in [0.4, 0.5) is 5.82 Å². The quantitative estimate of drug-likeness (QED) is 0.540. The van der Waals surface area contributed by atoms with Gasteiger partial charge in [0.05, 0.1) is 47.9 Å². The van der Waals surface area contributed by atoms with Crippen LogP contribution in [0.3, 0.4) is 0 Å². The summed E-state index contributed by atoms with van der Waals surface area (Å²) < 4.78 is 0. The summed E-state index contributed by atoms with van der Waals surface area (Å²) in [5, 5.41) is 35.4. The van der Waals surface area contributed by atoms with Crippen molar-refractivity contribution in [2.45, 2.75) is 24.8 Å². The molecule has 0 atom stereocenters. The lowest BCUT2D eigenvalue weighted by Gasteiger charge is -2.42. The van der Waals surface area contributed by atoms with Gasteiger partial charge in [0.15, 0.2) is 0 Å². The van der Waals surface area contributed by atoms with Gasteiger partial charge in [-0.05, 0) is 36.6 Å². The summed E-state index contributed by atoms with van der Waals surface area (Å²) in [7, 11) is 0. The van der Waals surface area contributed by atoms with Crippen molar-refractivity contribution < 1.29 is 0 Å². The first-order valence-corrected chi connectivity index (χ1v) is 9.51. The Morgan fingerprint density at radius 3 is 2.83 bits per heavy atom. The second-order valence-electron chi connectivity index (χ2n) is 7.60. The van der Waals surface area contributed by atoms with Crippen molar-refractivity contribution in [2.75, 3.05) is 5.73 Å². The minimum atomic E-state index is -0.520. The summed E-state index contributed by atoms with van der Waals surface area (Å²) in [6, 6.07) is 12.3. The van der Waals surface area contributed by atoms with E-state index >= 15 is 0 Å². The first-order chi connectivity index (χ1) is 14.6. The summed E-state index contributed by atoms with van der Waals surface area (Å²) >= 11 is 0. The molecule has 0 unspecified atom stereocenters. The SMILES string of the molecule is N#CC[C@]1(n2ncc(-c3cc(-c4cn[nH]c4N)cc4ncccc34)n2)C[C@H](C#N)C1. The number of aromatic amines is 1. The molecule has 0 amide bonds. The molecule has 0 radical (unpaired) electrons. The lowest BCUT2D eigenvalue weighted by atomic mass is 9.68. The lowest BCUT2D eigenvalue weighted by Crippen LogP contribution is -2.47. The van der Waals surface area contributed by atoms with E-state index in [9.17, 15) is 10.5 Å². The maximum absolute atomic E-state index is 9.29. The number of anilines is 1. The Kier molecular flexibility index (Phi) is 3.97. The zero-order valence-electron chi connectivity index (χ0n) is 15.9. The highest BCUT2D eigenvalue weighted by Crippen LogP contribution is 2.45. The van der Waals surface area contributed by atoms with Crippen LogP contribution in [0, 0.1) is 28.6 Å². The van der Waals surface area contributed by atoms with Gasteiger partial charge in [-0.2, -0.15) is 30.6 Å². The number of hydrogen-bond donors (Lipinski definition) is 2. The van der Waals surface area contributed by atoms with Gasteiger partial charge in [0.25, 0.3) is 0 Å². The maximum Gasteiger partial charge on any atom is 0.126 e. The Hall–Kier alpha value is -4.24. The second kappa shape index (κ2) is 6.68. The molecular weight excluding hydrogens is 378 g/mol. The molecule has 30 heavy (non-hydrogen) atoms. The van der Waals surface area contributed by atoms with Gasteiger partial charge >= 0.3 is 0 Å². The van der Waals surface area contributed by atoms with E-state index in [2.05, 4.69) is 32.4 Å². The largest absolute Gasteiger partial charge is 0.384 e. The topological polar surface area (TPSA) is 146 Å². The van der Waals surface area contributed by atoms with Gasteiger partial charge in [-0.25, -0.2) is 0 Å². The van der Waals surface area contributed by atoms with Crippen LogP contribution in [0.2, 0.25) is 0 Å². The summed E-state index contributed by atoms with van der Waals surface area (Å²) in [6.45, 7) is 0. The van der Waals surface area contributed by atoms with E-state index < -0.39 is 5.54 Å². The van der Waals surface area contributed by atoms with E-state index in [1.807, 2.05) is 24.3 Å². The highest BCUT2D eigenvalue weighted by molar-refractivity contribution is 5.97. The normalized spacial score (nSPS) is 20.4. The number of nitrogens with two attached hydrogens (primary N) is 1. The average Bonchev–Trinajstić information content (AvgIpc) is 3.39. The molecule has 9 nitrogen and oxygen atoms in total. The Balaban J connectivity index is 1.63. The molecule has 1 aromatic carbocycles. The fourth-order valence-electron chi connectivity index (χ4n) is 4.17. The first-order valence-electron chi connectivity index (χ1n) is 9.51. The minimum absolute atomic E-state index is 0.0646. The molecule has 0 aliphatic heterocycles. The van der Waals surface area contributed by atoms with Crippen LogP contribution in [-0.4, -0.2) is 30.2 Å². The molecule has 3 aromatic heterocycles. The minimum Gasteiger partial charge on any atom is -0.384 e. The molecule has 0 saturated heterocycles. The van der Waals surface area contributed by atoms with Crippen molar-refractivity contribution in [3.05, 3.63) is 42.9 Å². The average molecular weight is 395 g/mol. The molecule has 1 saturated carbocycles. The van der Waals surface area contributed by atoms with Crippen molar-refractivity contribution in [1.82, 2.24) is 30.2 Å².